The zero-order valence-electron chi connectivity index (χ0n) is 12.6. The summed E-state index contributed by atoms with van der Waals surface area (Å²) in [5, 5.41) is 0. The van der Waals surface area contributed by atoms with Crippen molar-refractivity contribution in [2.24, 2.45) is 0 Å². The van der Waals surface area contributed by atoms with E-state index >= 15 is 0 Å². The van der Waals surface area contributed by atoms with Crippen molar-refractivity contribution in [1.29, 1.82) is 0 Å². The minimum absolute atomic E-state index is 0.171. The number of unbranched alkanes of at least 4 members (excludes halogenated alkanes) is 1. The van der Waals surface area contributed by atoms with Gasteiger partial charge in [0, 0.05) is 5.41 Å². The molecule has 21 heavy (non-hydrogen) atoms. The number of hydrogen-bond donors (Lipinski definition) is 0. The van der Waals surface area contributed by atoms with E-state index in [9.17, 15) is 0 Å². The average Bonchev–Trinajstić information content (AvgIpc) is 3.31. The molecule has 0 radical (unpaired) electrons. The van der Waals surface area contributed by atoms with Crippen LogP contribution in [0.2, 0.25) is 0 Å². The Bertz CT molecular complexity index is 609. The molecule has 0 spiro atoms. The third kappa shape index (κ3) is 2.03. The van der Waals surface area contributed by atoms with Gasteiger partial charge in [-0.2, -0.15) is 0 Å². The van der Waals surface area contributed by atoms with E-state index in [0.717, 1.165) is 13.0 Å². The van der Waals surface area contributed by atoms with E-state index in [-0.39, 0.29) is 5.41 Å². The van der Waals surface area contributed by atoms with Crippen molar-refractivity contribution in [2.75, 3.05) is 6.61 Å². The molecule has 4 rings (SSSR count). The van der Waals surface area contributed by atoms with Crippen molar-refractivity contribution in [2.45, 2.75) is 44.1 Å². The van der Waals surface area contributed by atoms with Gasteiger partial charge in [0.1, 0.15) is 0 Å². The van der Waals surface area contributed by atoms with E-state index in [2.05, 4.69) is 55.5 Å². The van der Waals surface area contributed by atoms with Crippen LogP contribution in [0.4, 0.5) is 0 Å². The van der Waals surface area contributed by atoms with Gasteiger partial charge in [-0.25, -0.2) is 0 Å². The third-order valence-electron chi connectivity index (χ3n) is 5.11. The molecule has 0 unspecified atom stereocenters. The molecule has 0 aromatic heterocycles. The van der Waals surface area contributed by atoms with Crippen LogP contribution in [0, 0.1) is 0 Å². The summed E-state index contributed by atoms with van der Waals surface area (Å²) in [6, 6.07) is 18.0. The summed E-state index contributed by atoms with van der Waals surface area (Å²) in [6.45, 7) is 3.23. The fourth-order valence-electron chi connectivity index (χ4n) is 4.06. The SMILES string of the molecule is CCCCC1(C[C@H]2CO2)c2ccccc2-c2ccccc21. The molecular formula is C20H22O. The first kappa shape index (κ1) is 13.1. The van der Waals surface area contributed by atoms with Crippen LogP contribution < -0.4 is 0 Å². The highest BCUT2D eigenvalue weighted by atomic mass is 16.6. The van der Waals surface area contributed by atoms with Gasteiger partial charge in [-0.1, -0.05) is 68.3 Å². The Morgan fingerprint density at radius 1 is 1.00 bits per heavy atom. The smallest absolute Gasteiger partial charge is 0.0821 e. The predicted molar refractivity (Wildman–Crippen MR) is 86.5 cm³/mol. The van der Waals surface area contributed by atoms with Crippen molar-refractivity contribution in [3.63, 3.8) is 0 Å². The van der Waals surface area contributed by atoms with E-state index in [1.165, 1.54) is 41.5 Å². The fourth-order valence-corrected chi connectivity index (χ4v) is 4.06. The highest BCUT2D eigenvalue weighted by Gasteiger charge is 2.46. The van der Waals surface area contributed by atoms with E-state index in [4.69, 9.17) is 4.74 Å². The second-order valence-electron chi connectivity index (χ2n) is 6.44. The van der Waals surface area contributed by atoms with Crippen LogP contribution in [0.1, 0.15) is 43.7 Å². The summed E-state index contributed by atoms with van der Waals surface area (Å²) in [7, 11) is 0. The molecule has 0 N–H and O–H groups in total. The number of benzene rings is 2. The summed E-state index contributed by atoms with van der Waals surface area (Å²) in [5.41, 5.74) is 6.09. The van der Waals surface area contributed by atoms with Crippen LogP contribution in [-0.4, -0.2) is 12.7 Å². The maximum absolute atomic E-state index is 5.61. The second kappa shape index (κ2) is 4.99. The summed E-state index contributed by atoms with van der Waals surface area (Å²) in [6.07, 6.45) is 5.35. The van der Waals surface area contributed by atoms with Crippen molar-refractivity contribution >= 4 is 0 Å². The Balaban J connectivity index is 1.90. The second-order valence-corrected chi connectivity index (χ2v) is 6.44. The lowest BCUT2D eigenvalue weighted by Crippen LogP contribution is -2.27. The van der Waals surface area contributed by atoms with Crippen LogP contribution in [0.5, 0.6) is 0 Å². The summed E-state index contributed by atoms with van der Waals surface area (Å²) < 4.78 is 5.61. The number of fused-ring (bicyclic) bond motifs is 3. The Kier molecular flexibility index (Phi) is 3.11. The maximum Gasteiger partial charge on any atom is 0.0821 e. The Morgan fingerprint density at radius 2 is 1.57 bits per heavy atom. The Morgan fingerprint density at radius 3 is 2.10 bits per heavy atom. The van der Waals surface area contributed by atoms with Crippen LogP contribution in [0.3, 0.4) is 0 Å². The molecule has 108 valence electrons. The fraction of sp³-hybridized carbons (Fsp3) is 0.400. The van der Waals surface area contributed by atoms with Crippen LogP contribution in [0.15, 0.2) is 48.5 Å². The summed E-state index contributed by atoms with van der Waals surface area (Å²) >= 11 is 0. The highest BCUT2D eigenvalue weighted by Crippen LogP contribution is 2.54. The van der Waals surface area contributed by atoms with Crippen molar-refractivity contribution in [1.82, 2.24) is 0 Å². The lowest BCUT2D eigenvalue weighted by atomic mass is 9.71. The molecule has 1 aliphatic carbocycles. The monoisotopic (exact) mass is 278 g/mol. The van der Waals surface area contributed by atoms with E-state index < -0.39 is 0 Å². The molecule has 1 fully saturated rings. The molecule has 0 amide bonds. The summed E-state index contributed by atoms with van der Waals surface area (Å²) in [5.74, 6) is 0. The maximum atomic E-state index is 5.61. The van der Waals surface area contributed by atoms with Crippen molar-refractivity contribution in [3.05, 3.63) is 59.7 Å². The van der Waals surface area contributed by atoms with E-state index in [1.54, 1.807) is 0 Å². The Hall–Kier alpha value is -1.60. The largest absolute Gasteiger partial charge is 0.373 e. The van der Waals surface area contributed by atoms with Crippen molar-refractivity contribution < 1.29 is 4.74 Å². The molecular weight excluding hydrogens is 256 g/mol. The van der Waals surface area contributed by atoms with E-state index in [1.807, 2.05) is 0 Å². The Labute approximate surface area is 127 Å². The molecule has 2 aliphatic rings. The molecule has 1 nitrogen and oxygen atoms in total. The van der Waals surface area contributed by atoms with Crippen LogP contribution in [0.25, 0.3) is 11.1 Å². The van der Waals surface area contributed by atoms with Gasteiger partial charge in [0.25, 0.3) is 0 Å². The first-order valence-electron chi connectivity index (χ1n) is 8.16. The minimum Gasteiger partial charge on any atom is -0.373 e. The topological polar surface area (TPSA) is 12.5 Å². The molecule has 1 atom stereocenters. The zero-order valence-corrected chi connectivity index (χ0v) is 12.6. The molecule has 1 heterocycles. The average molecular weight is 278 g/mol. The van der Waals surface area contributed by atoms with Gasteiger partial charge in [0.2, 0.25) is 0 Å². The number of epoxide rings is 1. The molecule has 1 saturated heterocycles. The number of ether oxygens (including phenoxy) is 1. The zero-order chi connectivity index (χ0) is 14.3. The molecule has 2 aromatic rings. The van der Waals surface area contributed by atoms with Gasteiger partial charge in [0.05, 0.1) is 12.7 Å². The number of rotatable bonds is 5. The molecule has 1 heteroatoms. The van der Waals surface area contributed by atoms with E-state index in [0.29, 0.717) is 6.10 Å². The quantitative estimate of drug-likeness (QED) is 0.706. The van der Waals surface area contributed by atoms with Gasteiger partial charge in [-0.15, -0.1) is 0 Å². The lowest BCUT2D eigenvalue weighted by molar-refractivity contribution is 0.333. The molecule has 0 bridgehead atoms. The molecule has 1 aliphatic heterocycles. The predicted octanol–water partition coefficient (Wildman–Crippen LogP) is 4.93. The van der Waals surface area contributed by atoms with Gasteiger partial charge >= 0.3 is 0 Å². The van der Waals surface area contributed by atoms with Gasteiger partial charge < -0.3 is 4.74 Å². The number of hydrogen-bond acceptors (Lipinski definition) is 1. The first-order chi connectivity index (χ1) is 10.3. The van der Waals surface area contributed by atoms with Gasteiger partial charge in [-0.3, -0.25) is 0 Å². The summed E-state index contributed by atoms with van der Waals surface area (Å²) in [4.78, 5) is 0. The van der Waals surface area contributed by atoms with Crippen molar-refractivity contribution in [3.8, 4) is 11.1 Å². The van der Waals surface area contributed by atoms with Crippen LogP contribution in [-0.2, 0) is 10.2 Å². The third-order valence-corrected chi connectivity index (χ3v) is 5.11. The van der Waals surface area contributed by atoms with Gasteiger partial charge in [-0.05, 0) is 35.1 Å². The standard InChI is InChI=1S/C20H22O/c1-2-3-12-20(13-15-14-21-15)18-10-6-4-8-16(18)17-9-5-7-11-19(17)20/h4-11,15H,2-3,12-14H2,1H3/t15-/m0/s1. The molecule has 2 aromatic carbocycles. The highest BCUT2D eigenvalue weighted by molar-refractivity contribution is 5.81. The van der Waals surface area contributed by atoms with Gasteiger partial charge in [0.15, 0.2) is 0 Å². The lowest BCUT2D eigenvalue weighted by Gasteiger charge is -2.32. The molecule has 0 saturated carbocycles. The van der Waals surface area contributed by atoms with Crippen LogP contribution >= 0.6 is 0 Å². The first-order valence-corrected chi connectivity index (χ1v) is 8.16. The normalized spacial score (nSPS) is 20.9. The minimum atomic E-state index is 0.171.